The molecule has 0 saturated carbocycles. The number of carbonyl (C=O) groups is 1. The lowest BCUT2D eigenvalue weighted by Crippen LogP contribution is -2.28. The molecule has 5 heteroatoms. The van der Waals surface area contributed by atoms with E-state index in [1.165, 1.54) is 0 Å². The zero-order chi connectivity index (χ0) is 13.5. The molecule has 0 radical (unpaired) electrons. The molecular formula is C13H17BrClNO2. The molecule has 0 spiro atoms. The zero-order valence-corrected chi connectivity index (χ0v) is 12.6. The molecule has 0 aliphatic rings. The van der Waals surface area contributed by atoms with Crippen molar-refractivity contribution >= 4 is 33.4 Å². The van der Waals surface area contributed by atoms with Crippen LogP contribution in [0.4, 0.5) is 0 Å². The van der Waals surface area contributed by atoms with Crippen LogP contribution in [0.15, 0.2) is 22.7 Å². The molecule has 0 bridgehead atoms. The van der Waals surface area contributed by atoms with Crippen LogP contribution >= 0.6 is 27.5 Å². The lowest BCUT2D eigenvalue weighted by molar-refractivity contribution is -0.120. The summed E-state index contributed by atoms with van der Waals surface area (Å²) in [6.45, 7) is 2.40. The number of aliphatic hydroxyl groups is 1. The fourth-order valence-electron chi connectivity index (χ4n) is 1.50. The summed E-state index contributed by atoms with van der Waals surface area (Å²) in [6.07, 6.45) is 1.22. The Balaban J connectivity index is 2.42. The van der Waals surface area contributed by atoms with Crippen LogP contribution in [0.5, 0.6) is 0 Å². The quantitative estimate of drug-likeness (QED) is 0.840. The first kappa shape index (κ1) is 15.5. The van der Waals surface area contributed by atoms with Gasteiger partial charge in [0, 0.05) is 16.0 Å². The highest BCUT2D eigenvalue weighted by Gasteiger charge is 2.08. The van der Waals surface area contributed by atoms with E-state index in [0.717, 1.165) is 10.0 Å². The standard InChI is InChI=1S/C13H17BrClNO2/c1-2-11(17)5-6-16-13(18)8-9-7-10(15)3-4-12(9)14/h3-4,7,11,17H,2,5-6,8H2,1H3,(H,16,18). The Hall–Kier alpha value is -0.580. The van der Waals surface area contributed by atoms with E-state index in [4.69, 9.17) is 11.6 Å². The summed E-state index contributed by atoms with van der Waals surface area (Å²) in [4.78, 5) is 11.7. The van der Waals surface area contributed by atoms with Crippen molar-refractivity contribution in [3.8, 4) is 0 Å². The maximum absolute atomic E-state index is 11.7. The van der Waals surface area contributed by atoms with Crippen molar-refractivity contribution in [1.29, 1.82) is 0 Å². The summed E-state index contributed by atoms with van der Waals surface area (Å²) in [5, 5.41) is 12.8. The van der Waals surface area contributed by atoms with Crippen LogP contribution in [-0.4, -0.2) is 23.7 Å². The maximum atomic E-state index is 11.7. The molecule has 0 fully saturated rings. The average Bonchev–Trinajstić information content (AvgIpc) is 2.33. The second kappa shape index (κ2) is 7.77. The highest BCUT2D eigenvalue weighted by molar-refractivity contribution is 9.10. The highest BCUT2D eigenvalue weighted by Crippen LogP contribution is 2.21. The largest absolute Gasteiger partial charge is 0.393 e. The number of carbonyl (C=O) groups excluding carboxylic acids is 1. The van der Waals surface area contributed by atoms with E-state index in [0.29, 0.717) is 24.4 Å². The molecule has 0 aliphatic heterocycles. The summed E-state index contributed by atoms with van der Waals surface area (Å²) in [6, 6.07) is 5.36. The van der Waals surface area contributed by atoms with E-state index in [1.54, 1.807) is 12.1 Å². The van der Waals surface area contributed by atoms with E-state index < -0.39 is 0 Å². The average molecular weight is 335 g/mol. The number of amides is 1. The number of nitrogens with one attached hydrogen (secondary N) is 1. The first-order valence-corrected chi connectivity index (χ1v) is 7.08. The van der Waals surface area contributed by atoms with Gasteiger partial charge in [-0.1, -0.05) is 34.5 Å². The van der Waals surface area contributed by atoms with Crippen LogP contribution in [0.2, 0.25) is 5.02 Å². The Morgan fingerprint density at radius 3 is 2.94 bits per heavy atom. The van der Waals surface area contributed by atoms with Gasteiger partial charge in [-0.05, 0) is 36.6 Å². The smallest absolute Gasteiger partial charge is 0.224 e. The van der Waals surface area contributed by atoms with Gasteiger partial charge in [-0.25, -0.2) is 0 Å². The van der Waals surface area contributed by atoms with Gasteiger partial charge in [0.05, 0.1) is 12.5 Å². The molecule has 18 heavy (non-hydrogen) atoms. The monoisotopic (exact) mass is 333 g/mol. The van der Waals surface area contributed by atoms with Crippen LogP contribution in [-0.2, 0) is 11.2 Å². The lowest BCUT2D eigenvalue weighted by Gasteiger charge is -2.09. The van der Waals surface area contributed by atoms with Gasteiger partial charge in [-0.2, -0.15) is 0 Å². The summed E-state index contributed by atoms with van der Waals surface area (Å²) in [5.74, 6) is -0.0683. The van der Waals surface area contributed by atoms with Crippen molar-refractivity contribution in [1.82, 2.24) is 5.32 Å². The van der Waals surface area contributed by atoms with E-state index in [1.807, 2.05) is 13.0 Å². The van der Waals surface area contributed by atoms with Gasteiger partial charge in [-0.15, -0.1) is 0 Å². The van der Waals surface area contributed by atoms with Crippen molar-refractivity contribution in [2.45, 2.75) is 32.3 Å². The molecule has 1 amide bonds. The molecule has 3 nitrogen and oxygen atoms in total. The molecule has 1 atom stereocenters. The van der Waals surface area contributed by atoms with E-state index in [2.05, 4.69) is 21.2 Å². The molecule has 1 aromatic carbocycles. The Kier molecular flexibility index (Phi) is 6.68. The molecule has 1 rings (SSSR count). The lowest BCUT2D eigenvalue weighted by atomic mass is 10.1. The normalized spacial score (nSPS) is 12.2. The van der Waals surface area contributed by atoms with Gasteiger partial charge < -0.3 is 10.4 Å². The molecular weight excluding hydrogens is 318 g/mol. The third-order valence-electron chi connectivity index (χ3n) is 2.63. The van der Waals surface area contributed by atoms with E-state index in [-0.39, 0.29) is 18.4 Å². The minimum absolute atomic E-state index is 0.0683. The molecule has 2 N–H and O–H groups in total. The molecule has 0 saturated heterocycles. The Morgan fingerprint density at radius 1 is 1.56 bits per heavy atom. The Morgan fingerprint density at radius 2 is 2.28 bits per heavy atom. The Bertz CT molecular complexity index is 412. The molecule has 1 unspecified atom stereocenters. The molecule has 1 aromatic rings. The predicted octanol–water partition coefficient (Wildman–Crippen LogP) is 2.92. The van der Waals surface area contributed by atoms with Crippen LogP contribution in [0, 0.1) is 0 Å². The third kappa shape index (κ3) is 5.38. The summed E-state index contributed by atoms with van der Waals surface area (Å²) >= 11 is 9.26. The second-order valence-electron chi connectivity index (χ2n) is 4.11. The molecule has 0 heterocycles. The minimum Gasteiger partial charge on any atom is -0.393 e. The van der Waals surface area contributed by atoms with E-state index >= 15 is 0 Å². The van der Waals surface area contributed by atoms with Gasteiger partial charge in [0.25, 0.3) is 0 Å². The number of hydrogen-bond donors (Lipinski definition) is 2. The van der Waals surface area contributed by atoms with Crippen LogP contribution in [0.3, 0.4) is 0 Å². The number of benzene rings is 1. The van der Waals surface area contributed by atoms with Crippen LogP contribution < -0.4 is 5.32 Å². The van der Waals surface area contributed by atoms with Gasteiger partial charge in [0.1, 0.15) is 0 Å². The van der Waals surface area contributed by atoms with Crippen LogP contribution in [0.25, 0.3) is 0 Å². The zero-order valence-electron chi connectivity index (χ0n) is 10.2. The maximum Gasteiger partial charge on any atom is 0.224 e. The predicted molar refractivity (Wildman–Crippen MR) is 76.8 cm³/mol. The number of halogens is 2. The van der Waals surface area contributed by atoms with Crippen molar-refractivity contribution < 1.29 is 9.90 Å². The summed E-state index contributed by atoms with van der Waals surface area (Å²) in [7, 11) is 0. The second-order valence-corrected chi connectivity index (χ2v) is 5.40. The van der Waals surface area contributed by atoms with Crippen LogP contribution in [0.1, 0.15) is 25.3 Å². The first-order valence-electron chi connectivity index (χ1n) is 5.91. The van der Waals surface area contributed by atoms with E-state index in [9.17, 15) is 9.90 Å². The van der Waals surface area contributed by atoms with Gasteiger partial charge in [0.2, 0.25) is 5.91 Å². The minimum atomic E-state index is -0.344. The van der Waals surface area contributed by atoms with Crippen molar-refractivity contribution in [3.05, 3.63) is 33.3 Å². The van der Waals surface area contributed by atoms with Gasteiger partial charge >= 0.3 is 0 Å². The summed E-state index contributed by atoms with van der Waals surface area (Å²) in [5.41, 5.74) is 0.857. The number of hydrogen-bond acceptors (Lipinski definition) is 2. The van der Waals surface area contributed by atoms with Gasteiger partial charge in [-0.3, -0.25) is 4.79 Å². The fraction of sp³-hybridized carbons (Fsp3) is 0.462. The highest BCUT2D eigenvalue weighted by atomic mass is 79.9. The molecule has 0 aliphatic carbocycles. The number of aliphatic hydroxyl groups excluding tert-OH is 1. The Labute approximate surface area is 121 Å². The van der Waals surface area contributed by atoms with Crippen molar-refractivity contribution in [2.24, 2.45) is 0 Å². The van der Waals surface area contributed by atoms with Gasteiger partial charge in [0.15, 0.2) is 0 Å². The summed E-state index contributed by atoms with van der Waals surface area (Å²) < 4.78 is 0.871. The number of rotatable bonds is 6. The third-order valence-corrected chi connectivity index (χ3v) is 3.64. The fourth-order valence-corrected chi connectivity index (χ4v) is 2.08. The molecule has 100 valence electrons. The topological polar surface area (TPSA) is 49.3 Å². The molecule has 0 aromatic heterocycles. The van der Waals surface area contributed by atoms with Crippen molar-refractivity contribution in [2.75, 3.05) is 6.54 Å². The first-order chi connectivity index (χ1) is 8.52. The van der Waals surface area contributed by atoms with Crippen molar-refractivity contribution in [3.63, 3.8) is 0 Å². The SMILES string of the molecule is CCC(O)CCNC(=O)Cc1cc(Cl)ccc1Br.